The summed E-state index contributed by atoms with van der Waals surface area (Å²) in [5.41, 5.74) is 0.341. The van der Waals surface area contributed by atoms with Crippen LogP contribution in [0.1, 0.15) is 56.3 Å². The first-order valence-corrected chi connectivity index (χ1v) is 10.4. The maximum atomic E-state index is 13.0. The fourth-order valence-corrected chi connectivity index (χ4v) is 4.43. The number of ether oxygens (including phenoxy) is 1. The van der Waals surface area contributed by atoms with Gasteiger partial charge < -0.3 is 14.5 Å². The van der Waals surface area contributed by atoms with Gasteiger partial charge in [-0.1, -0.05) is 6.92 Å². The molecule has 1 amide bonds. The Labute approximate surface area is 166 Å². The average Bonchev–Trinajstić information content (AvgIpc) is 2.70. The lowest BCUT2D eigenvalue weighted by Crippen LogP contribution is -2.64. The Kier molecular flexibility index (Phi) is 6.83. The van der Waals surface area contributed by atoms with E-state index in [2.05, 4.69) is 18.7 Å². The molecule has 2 fully saturated rings. The van der Waals surface area contributed by atoms with Crippen LogP contribution in [0.3, 0.4) is 0 Å². The van der Waals surface area contributed by atoms with E-state index in [0.29, 0.717) is 12.0 Å². The van der Waals surface area contributed by atoms with E-state index in [1.165, 1.54) is 12.1 Å². The van der Waals surface area contributed by atoms with Gasteiger partial charge in [-0.15, -0.1) is 0 Å². The molecular weight excluding hydrogens is 359 g/mol. The van der Waals surface area contributed by atoms with Crippen LogP contribution in [-0.4, -0.2) is 65.9 Å². The number of Topliss-reactive ketones (excluding diaryl/α,β-unsaturated/α-hetero) is 1. The summed E-state index contributed by atoms with van der Waals surface area (Å²) in [4.78, 5) is 28.7. The molecule has 2 aliphatic heterocycles. The van der Waals surface area contributed by atoms with E-state index in [-0.39, 0.29) is 35.8 Å². The SMILES string of the molecule is CCCN1C(=O)COC2(CCN(CCCC(=O)c3ccc(F)cc3)CC2)C1C. The Hall–Kier alpha value is -1.79. The molecule has 2 aliphatic rings. The van der Waals surface area contributed by atoms with E-state index in [4.69, 9.17) is 4.74 Å². The van der Waals surface area contributed by atoms with Crippen molar-refractivity contribution in [2.45, 2.75) is 57.6 Å². The van der Waals surface area contributed by atoms with Crippen LogP contribution in [0.4, 0.5) is 4.39 Å². The molecule has 0 saturated carbocycles. The number of carbonyl (C=O) groups excluding carboxylic acids is 2. The predicted molar refractivity (Wildman–Crippen MR) is 106 cm³/mol. The number of rotatable bonds is 7. The van der Waals surface area contributed by atoms with Crippen LogP contribution in [-0.2, 0) is 9.53 Å². The highest BCUT2D eigenvalue weighted by Gasteiger charge is 2.47. The number of piperidine rings is 1. The predicted octanol–water partition coefficient (Wildman–Crippen LogP) is 3.28. The van der Waals surface area contributed by atoms with Crippen molar-refractivity contribution in [2.24, 2.45) is 0 Å². The molecule has 0 aliphatic carbocycles. The van der Waals surface area contributed by atoms with Crippen LogP contribution in [0.15, 0.2) is 24.3 Å². The average molecular weight is 390 g/mol. The normalized spacial score (nSPS) is 22.6. The van der Waals surface area contributed by atoms with Gasteiger partial charge in [0.1, 0.15) is 12.4 Å². The Bertz CT molecular complexity index is 684. The molecule has 0 bridgehead atoms. The number of morpholine rings is 1. The Balaban J connectivity index is 1.45. The first-order valence-electron chi connectivity index (χ1n) is 10.4. The summed E-state index contributed by atoms with van der Waals surface area (Å²) < 4.78 is 19.0. The Morgan fingerprint density at radius 2 is 1.89 bits per heavy atom. The van der Waals surface area contributed by atoms with Crippen LogP contribution in [0.25, 0.3) is 0 Å². The number of ketones is 1. The maximum Gasteiger partial charge on any atom is 0.248 e. The molecule has 3 rings (SSSR count). The van der Waals surface area contributed by atoms with Gasteiger partial charge in [-0.25, -0.2) is 4.39 Å². The molecule has 0 aromatic heterocycles. The van der Waals surface area contributed by atoms with Crippen molar-refractivity contribution < 1.29 is 18.7 Å². The van der Waals surface area contributed by atoms with Gasteiger partial charge in [0.25, 0.3) is 0 Å². The molecule has 1 spiro atoms. The van der Waals surface area contributed by atoms with Crippen molar-refractivity contribution >= 4 is 11.7 Å². The third kappa shape index (κ3) is 4.61. The highest BCUT2D eigenvalue weighted by molar-refractivity contribution is 5.95. The fraction of sp³-hybridized carbons (Fsp3) is 0.636. The number of halogens is 1. The lowest BCUT2D eigenvalue weighted by atomic mass is 9.82. The highest BCUT2D eigenvalue weighted by atomic mass is 19.1. The number of carbonyl (C=O) groups is 2. The minimum atomic E-state index is -0.322. The summed E-state index contributed by atoms with van der Waals surface area (Å²) >= 11 is 0. The third-order valence-electron chi connectivity index (χ3n) is 6.24. The number of hydrogen-bond donors (Lipinski definition) is 0. The molecule has 1 aromatic carbocycles. The van der Waals surface area contributed by atoms with E-state index in [0.717, 1.165) is 51.9 Å². The van der Waals surface area contributed by atoms with Gasteiger partial charge >= 0.3 is 0 Å². The second-order valence-corrected chi connectivity index (χ2v) is 7.99. The van der Waals surface area contributed by atoms with Crippen molar-refractivity contribution in [2.75, 3.05) is 32.8 Å². The Morgan fingerprint density at radius 1 is 1.21 bits per heavy atom. The van der Waals surface area contributed by atoms with Crippen LogP contribution in [0.5, 0.6) is 0 Å². The smallest absolute Gasteiger partial charge is 0.248 e. The molecule has 0 radical (unpaired) electrons. The summed E-state index contributed by atoms with van der Waals surface area (Å²) in [6.45, 7) is 7.90. The second kappa shape index (κ2) is 9.14. The first-order chi connectivity index (χ1) is 13.4. The zero-order valence-electron chi connectivity index (χ0n) is 17.0. The van der Waals surface area contributed by atoms with Crippen LogP contribution in [0.2, 0.25) is 0 Å². The van der Waals surface area contributed by atoms with E-state index in [1.54, 1.807) is 12.1 Å². The molecule has 1 aromatic rings. The van der Waals surface area contributed by atoms with Gasteiger partial charge in [0.2, 0.25) is 5.91 Å². The maximum absolute atomic E-state index is 13.0. The number of benzene rings is 1. The molecule has 2 heterocycles. The van der Waals surface area contributed by atoms with Gasteiger partial charge in [-0.3, -0.25) is 9.59 Å². The largest absolute Gasteiger partial charge is 0.363 e. The summed E-state index contributed by atoms with van der Waals surface area (Å²) in [6, 6.07) is 5.86. The molecular formula is C22H31FN2O3. The second-order valence-electron chi connectivity index (χ2n) is 7.99. The number of nitrogens with zero attached hydrogens (tertiary/aromatic N) is 2. The standard InChI is InChI=1S/C22H31FN2O3/c1-3-12-25-17(2)22(28-16-21(25)27)10-14-24(15-11-22)13-4-5-20(26)18-6-8-19(23)9-7-18/h6-9,17H,3-5,10-16H2,1-2H3. The number of amides is 1. The number of hydrogen-bond acceptors (Lipinski definition) is 4. The summed E-state index contributed by atoms with van der Waals surface area (Å²) in [6.07, 6.45) is 4.04. The third-order valence-corrected chi connectivity index (χ3v) is 6.24. The molecule has 1 unspecified atom stereocenters. The lowest BCUT2D eigenvalue weighted by molar-refractivity contribution is -0.186. The van der Waals surface area contributed by atoms with Gasteiger partial charge in [-0.05, 0) is 63.4 Å². The van der Waals surface area contributed by atoms with Crippen molar-refractivity contribution in [3.05, 3.63) is 35.6 Å². The molecule has 154 valence electrons. The fourth-order valence-electron chi connectivity index (χ4n) is 4.43. The van der Waals surface area contributed by atoms with Gasteiger partial charge in [0, 0.05) is 31.6 Å². The summed E-state index contributed by atoms with van der Waals surface area (Å²) in [5, 5.41) is 0. The minimum absolute atomic E-state index is 0.0615. The van der Waals surface area contributed by atoms with Crippen LogP contribution in [0, 0.1) is 5.82 Å². The molecule has 2 saturated heterocycles. The van der Waals surface area contributed by atoms with E-state index < -0.39 is 0 Å². The Morgan fingerprint density at radius 3 is 2.54 bits per heavy atom. The highest BCUT2D eigenvalue weighted by Crippen LogP contribution is 2.35. The van der Waals surface area contributed by atoms with Gasteiger partial charge in [0.05, 0.1) is 11.6 Å². The minimum Gasteiger partial charge on any atom is -0.363 e. The van der Waals surface area contributed by atoms with Crippen LogP contribution >= 0.6 is 0 Å². The molecule has 28 heavy (non-hydrogen) atoms. The summed E-state index contributed by atoms with van der Waals surface area (Å²) in [5.74, 6) is -0.162. The van der Waals surface area contributed by atoms with Gasteiger partial charge in [-0.2, -0.15) is 0 Å². The van der Waals surface area contributed by atoms with Crippen molar-refractivity contribution in [1.82, 2.24) is 9.80 Å². The molecule has 0 N–H and O–H groups in total. The van der Waals surface area contributed by atoms with Crippen molar-refractivity contribution in [3.63, 3.8) is 0 Å². The van der Waals surface area contributed by atoms with E-state index >= 15 is 0 Å². The zero-order valence-corrected chi connectivity index (χ0v) is 17.0. The molecule has 5 nitrogen and oxygen atoms in total. The zero-order chi connectivity index (χ0) is 20.1. The summed E-state index contributed by atoms with van der Waals surface area (Å²) in [7, 11) is 0. The monoisotopic (exact) mass is 390 g/mol. The lowest BCUT2D eigenvalue weighted by Gasteiger charge is -2.51. The van der Waals surface area contributed by atoms with Gasteiger partial charge in [0.15, 0.2) is 5.78 Å². The molecule has 1 atom stereocenters. The first kappa shape index (κ1) is 20.9. The van der Waals surface area contributed by atoms with Crippen molar-refractivity contribution in [1.29, 1.82) is 0 Å². The molecule has 6 heteroatoms. The van der Waals surface area contributed by atoms with E-state index in [9.17, 15) is 14.0 Å². The quantitative estimate of drug-likeness (QED) is 0.671. The van der Waals surface area contributed by atoms with E-state index in [1.807, 2.05) is 4.90 Å². The number of likely N-dealkylation sites (tertiary alicyclic amines) is 1. The van der Waals surface area contributed by atoms with Crippen molar-refractivity contribution in [3.8, 4) is 0 Å². The topological polar surface area (TPSA) is 49.9 Å². The van der Waals surface area contributed by atoms with Crippen LogP contribution < -0.4 is 0 Å².